The second kappa shape index (κ2) is 9.11. The molecule has 1 amide bonds. The van der Waals surface area contributed by atoms with E-state index >= 15 is 0 Å². The van der Waals surface area contributed by atoms with Crippen LogP contribution >= 0.6 is 0 Å². The van der Waals surface area contributed by atoms with Gasteiger partial charge in [0.15, 0.2) is 0 Å². The molecule has 0 unspecified atom stereocenters. The standard InChI is InChI=1S/C25H25FN6O2/c1-15-14-32(8-7-28-15)25(33)16-3-5-20(23(11-16)34-2)30-24-13-27-12-22(31-24)21-10-17-9-18(26)4-6-19(17)29-21/h3-6,9-13,15,28-29H,7-8,14H2,1-2H3,(H,30,31)/t15-/m0/s1. The quantitative estimate of drug-likeness (QED) is 0.418. The van der Waals surface area contributed by atoms with Crippen molar-refractivity contribution in [3.05, 3.63) is 66.2 Å². The van der Waals surface area contributed by atoms with Gasteiger partial charge in [-0.1, -0.05) is 0 Å². The van der Waals surface area contributed by atoms with Gasteiger partial charge in [0.05, 0.1) is 30.9 Å². The Labute approximate surface area is 196 Å². The summed E-state index contributed by atoms with van der Waals surface area (Å²) >= 11 is 0. The fraction of sp³-hybridized carbons (Fsp3) is 0.240. The minimum absolute atomic E-state index is 0.0183. The van der Waals surface area contributed by atoms with Gasteiger partial charge in [0.1, 0.15) is 23.1 Å². The molecule has 1 aliphatic heterocycles. The summed E-state index contributed by atoms with van der Waals surface area (Å²) in [6, 6.07) is 12.0. The minimum atomic E-state index is -0.292. The summed E-state index contributed by atoms with van der Waals surface area (Å²) in [6.45, 7) is 4.19. The number of hydrogen-bond acceptors (Lipinski definition) is 6. The fourth-order valence-electron chi connectivity index (χ4n) is 4.16. The number of H-pyrrole nitrogens is 1. The van der Waals surface area contributed by atoms with Crippen LogP contribution in [-0.4, -0.2) is 58.5 Å². The third-order valence-electron chi connectivity index (χ3n) is 5.86. The SMILES string of the molecule is COc1cc(C(=O)N2CCN[C@@H](C)C2)ccc1Nc1cncc(-c2cc3cc(F)ccc3[nH]2)n1. The number of hydrogen-bond donors (Lipinski definition) is 3. The first-order valence-electron chi connectivity index (χ1n) is 11.1. The first-order valence-corrected chi connectivity index (χ1v) is 11.1. The maximum Gasteiger partial charge on any atom is 0.254 e. The number of rotatable bonds is 5. The molecule has 0 radical (unpaired) electrons. The van der Waals surface area contributed by atoms with Gasteiger partial charge in [0, 0.05) is 42.1 Å². The van der Waals surface area contributed by atoms with Crippen LogP contribution in [0.25, 0.3) is 22.3 Å². The molecular weight excluding hydrogens is 435 g/mol. The van der Waals surface area contributed by atoms with Crippen molar-refractivity contribution in [2.75, 3.05) is 32.1 Å². The normalized spacial score (nSPS) is 16.0. The molecule has 4 aromatic rings. The number of anilines is 2. The molecule has 3 N–H and O–H groups in total. The van der Waals surface area contributed by atoms with Gasteiger partial charge in [-0.15, -0.1) is 0 Å². The summed E-state index contributed by atoms with van der Waals surface area (Å²) in [7, 11) is 1.56. The van der Waals surface area contributed by atoms with Gasteiger partial charge in [0.25, 0.3) is 5.91 Å². The zero-order chi connectivity index (χ0) is 23.7. The molecule has 9 heteroatoms. The van der Waals surface area contributed by atoms with Crippen LogP contribution in [0.2, 0.25) is 0 Å². The third kappa shape index (κ3) is 4.42. The number of piperazine rings is 1. The van der Waals surface area contributed by atoms with Crippen LogP contribution in [0.15, 0.2) is 54.9 Å². The zero-order valence-corrected chi connectivity index (χ0v) is 18.9. The maximum absolute atomic E-state index is 13.5. The number of halogens is 1. The van der Waals surface area contributed by atoms with Crippen LogP contribution in [-0.2, 0) is 0 Å². The minimum Gasteiger partial charge on any atom is -0.495 e. The number of methoxy groups -OCH3 is 1. The van der Waals surface area contributed by atoms with E-state index in [9.17, 15) is 9.18 Å². The lowest BCUT2D eigenvalue weighted by molar-refractivity contribution is 0.0709. The molecular formula is C25H25FN6O2. The highest BCUT2D eigenvalue weighted by Gasteiger charge is 2.22. The van der Waals surface area contributed by atoms with Crippen LogP contribution in [0, 0.1) is 5.82 Å². The topological polar surface area (TPSA) is 95.2 Å². The van der Waals surface area contributed by atoms with Gasteiger partial charge in [-0.3, -0.25) is 9.78 Å². The molecule has 2 aromatic heterocycles. The summed E-state index contributed by atoms with van der Waals surface area (Å²) in [5, 5.41) is 7.33. The number of amides is 1. The van der Waals surface area contributed by atoms with E-state index in [1.807, 2.05) is 11.0 Å². The number of carbonyl (C=O) groups excluding carboxylic acids is 1. The van der Waals surface area contributed by atoms with Crippen molar-refractivity contribution in [1.29, 1.82) is 0 Å². The lowest BCUT2D eigenvalue weighted by Crippen LogP contribution is -2.51. The van der Waals surface area contributed by atoms with Crippen molar-refractivity contribution in [2.45, 2.75) is 13.0 Å². The molecule has 0 bridgehead atoms. The summed E-state index contributed by atoms with van der Waals surface area (Å²) < 4.78 is 19.1. The van der Waals surface area contributed by atoms with Crippen LogP contribution in [0.3, 0.4) is 0 Å². The smallest absolute Gasteiger partial charge is 0.254 e. The molecule has 5 rings (SSSR count). The molecule has 1 aliphatic rings. The van der Waals surface area contributed by atoms with Gasteiger partial charge < -0.3 is 25.3 Å². The van der Waals surface area contributed by atoms with Crippen molar-refractivity contribution >= 4 is 28.3 Å². The highest BCUT2D eigenvalue weighted by molar-refractivity contribution is 5.95. The summed E-state index contributed by atoms with van der Waals surface area (Å²) in [6.07, 6.45) is 3.24. The number of fused-ring (bicyclic) bond motifs is 1. The van der Waals surface area contributed by atoms with Crippen molar-refractivity contribution < 1.29 is 13.9 Å². The molecule has 174 valence electrons. The molecule has 2 aromatic carbocycles. The van der Waals surface area contributed by atoms with Crippen molar-refractivity contribution in [1.82, 2.24) is 25.2 Å². The first-order chi connectivity index (χ1) is 16.5. The van der Waals surface area contributed by atoms with Crippen molar-refractivity contribution in [2.24, 2.45) is 0 Å². The van der Waals surface area contributed by atoms with E-state index in [0.29, 0.717) is 41.6 Å². The monoisotopic (exact) mass is 460 g/mol. The van der Waals surface area contributed by atoms with Crippen LogP contribution in [0.5, 0.6) is 5.75 Å². The number of aromatic nitrogens is 3. The summed E-state index contributed by atoms with van der Waals surface area (Å²) in [4.78, 5) is 27.0. The highest BCUT2D eigenvalue weighted by atomic mass is 19.1. The van der Waals surface area contributed by atoms with E-state index in [-0.39, 0.29) is 17.8 Å². The van der Waals surface area contributed by atoms with Crippen molar-refractivity contribution in [3.63, 3.8) is 0 Å². The van der Waals surface area contributed by atoms with Gasteiger partial charge >= 0.3 is 0 Å². The number of aromatic amines is 1. The zero-order valence-electron chi connectivity index (χ0n) is 18.9. The Bertz CT molecular complexity index is 1350. The lowest BCUT2D eigenvalue weighted by Gasteiger charge is -2.32. The lowest BCUT2D eigenvalue weighted by atomic mass is 10.1. The summed E-state index contributed by atoms with van der Waals surface area (Å²) in [5.74, 6) is 0.730. The average Bonchev–Trinajstić information content (AvgIpc) is 3.27. The van der Waals surface area contributed by atoms with Crippen LogP contribution in [0.4, 0.5) is 15.9 Å². The number of benzene rings is 2. The Morgan fingerprint density at radius 3 is 2.91 bits per heavy atom. The molecule has 1 saturated heterocycles. The van der Waals surface area contributed by atoms with Gasteiger partial charge in [-0.05, 0) is 49.4 Å². The predicted molar refractivity (Wildman–Crippen MR) is 129 cm³/mol. The maximum atomic E-state index is 13.5. The Hall–Kier alpha value is -3.98. The Morgan fingerprint density at radius 1 is 1.21 bits per heavy atom. The molecule has 0 spiro atoms. The van der Waals surface area contributed by atoms with Gasteiger partial charge in [-0.2, -0.15) is 0 Å². The van der Waals surface area contributed by atoms with E-state index in [0.717, 1.165) is 23.1 Å². The van der Waals surface area contributed by atoms with Crippen molar-refractivity contribution in [3.8, 4) is 17.1 Å². The Morgan fingerprint density at radius 2 is 2.09 bits per heavy atom. The molecule has 3 heterocycles. The highest BCUT2D eigenvalue weighted by Crippen LogP contribution is 2.30. The number of nitrogens with one attached hydrogen (secondary N) is 3. The summed E-state index contributed by atoms with van der Waals surface area (Å²) in [5.41, 5.74) is 3.40. The molecule has 1 fully saturated rings. The Kier molecular flexibility index (Phi) is 5.85. The molecule has 34 heavy (non-hydrogen) atoms. The first kappa shape index (κ1) is 21.8. The number of nitrogens with zero attached hydrogens (tertiary/aromatic N) is 3. The number of ether oxygens (including phenoxy) is 1. The second-order valence-electron chi connectivity index (χ2n) is 8.35. The van der Waals surface area contributed by atoms with E-state index in [2.05, 4.69) is 32.5 Å². The molecule has 8 nitrogen and oxygen atoms in total. The van der Waals surface area contributed by atoms with E-state index in [1.54, 1.807) is 43.8 Å². The molecule has 1 atom stereocenters. The number of carbonyl (C=O) groups is 1. The van der Waals surface area contributed by atoms with Gasteiger partial charge in [-0.25, -0.2) is 9.37 Å². The second-order valence-corrected chi connectivity index (χ2v) is 8.35. The van der Waals surface area contributed by atoms with Crippen LogP contribution < -0.4 is 15.4 Å². The third-order valence-corrected chi connectivity index (χ3v) is 5.86. The predicted octanol–water partition coefficient (Wildman–Crippen LogP) is 3.95. The fourth-order valence-corrected chi connectivity index (χ4v) is 4.16. The van der Waals surface area contributed by atoms with E-state index in [1.165, 1.54) is 12.1 Å². The molecule has 0 saturated carbocycles. The molecule has 0 aliphatic carbocycles. The largest absolute Gasteiger partial charge is 0.495 e. The average molecular weight is 461 g/mol. The van der Waals surface area contributed by atoms with E-state index < -0.39 is 0 Å². The van der Waals surface area contributed by atoms with E-state index in [4.69, 9.17) is 4.74 Å². The Balaban J connectivity index is 1.38. The van der Waals surface area contributed by atoms with Gasteiger partial charge in [0.2, 0.25) is 0 Å². The van der Waals surface area contributed by atoms with Crippen LogP contribution in [0.1, 0.15) is 17.3 Å².